The summed E-state index contributed by atoms with van der Waals surface area (Å²) in [5, 5.41) is 3.08. The van der Waals surface area contributed by atoms with E-state index in [9.17, 15) is 14.4 Å². The summed E-state index contributed by atoms with van der Waals surface area (Å²) in [7, 11) is 0. The topological polar surface area (TPSA) is 94.2 Å². The number of benzene rings is 2. The van der Waals surface area contributed by atoms with Crippen LogP contribution in [-0.2, 0) is 25.7 Å². The van der Waals surface area contributed by atoms with Gasteiger partial charge in [-0.25, -0.2) is 9.59 Å². The zero-order valence-electron chi connectivity index (χ0n) is 19.5. The Balaban J connectivity index is 1.55. The van der Waals surface area contributed by atoms with Gasteiger partial charge >= 0.3 is 12.1 Å². The SMILES string of the molecule is CC(C)(C)OC(=O)N[C@@H](CC(=O)N1CC(Oc2ccc(Cl)cc2)C1)C(=O)OCc1ccccc1. The summed E-state index contributed by atoms with van der Waals surface area (Å²) in [6, 6.07) is 14.9. The van der Waals surface area contributed by atoms with Crippen LogP contribution in [-0.4, -0.2) is 53.7 Å². The molecule has 34 heavy (non-hydrogen) atoms. The van der Waals surface area contributed by atoms with E-state index in [0.29, 0.717) is 23.9 Å². The monoisotopic (exact) mass is 488 g/mol. The third-order valence-corrected chi connectivity index (χ3v) is 5.15. The van der Waals surface area contributed by atoms with Gasteiger partial charge in [0.25, 0.3) is 0 Å². The Hall–Kier alpha value is -3.26. The van der Waals surface area contributed by atoms with Crippen LogP contribution in [0.5, 0.6) is 5.75 Å². The lowest BCUT2D eigenvalue weighted by Gasteiger charge is -2.39. The van der Waals surface area contributed by atoms with Crippen molar-refractivity contribution in [3.63, 3.8) is 0 Å². The largest absolute Gasteiger partial charge is 0.487 e. The zero-order valence-corrected chi connectivity index (χ0v) is 20.2. The summed E-state index contributed by atoms with van der Waals surface area (Å²) in [6.45, 7) is 5.91. The van der Waals surface area contributed by atoms with E-state index in [4.69, 9.17) is 25.8 Å². The molecule has 0 radical (unpaired) electrons. The molecule has 2 aromatic carbocycles. The van der Waals surface area contributed by atoms with Crippen LogP contribution >= 0.6 is 11.6 Å². The van der Waals surface area contributed by atoms with Gasteiger partial charge in [0.05, 0.1) is 19.5 Å². The molecule has 0 spiro atoms. The number of halogens is 1. The van der Waals surface area contributed by atoms with Crippen LogP contribution in [0.15, 0.2) is 54.6 Å². The Morgan fingerprint density at radius 2 is 1.71 bits per heavy atom. The van der Waals surface area contributed by atoms with Crippen LogP contribution in [0.2, 0.25) is 5.02 Å². The quantitative estimate of drug-likeness (QED) is 0.565. The van der Waals surface area contributed by atoms with E-state index >= 15 is 0 Å². The normalized spacial score (nSPS) is 14.5. The Morgan fingerprint density at radius 1 is 1.06 bits per heavy atom. The molecule has 182 valence electrons. The first-order valence-corrected chi connectivity index (χ1v) is 11.4. The molecule has 0 unspecified atom stereocenters. The average Bonchev–Trinajstić information content (AvgIpc) is 2.74. The number of alkyl carbamates (subject to hydrolysis) is 1. The zero-order chi connectivity index (χ0) is 24.7. The van der Waals surface area contributed by atoms with Crippen molar-refractivity contribution in [2.45, 2.75) is 51.5 Å². The van der Waals surface area contributed by atoms with E-state index in [1.54, 1.807) is 49.9 Å². The fourth-order valence-corrected chi connectivity index (χ4v) is 3.32. The van der Waals surface area contributed by atoms with Crippen molar-refractivity contribution in [3.05, 3.63) is 65.2 Å². The number of likely N-dealkylation sites (tertiary alicyclic amines) is 1. The molecule has 9 heteroatoms. The van der Waals surface area contributed by atoms with Crippen molar-refractivity contribution in [3.8, 4) is 5.75 Å². The molecule has 1 N–H and O–H groups in total. The van der Waals surface area contributed by atoms with E-state index in [0.717, 1.165) is 5.56 Å². The van der Waals surface area contributed by atoms with E-state index < -0.39 is 23.7 Å². The van der Waals surface area contributed by atoms with Gasteiger partial charge in [0.1, 0.15) is 30.1 Å². The number of carbonyl (C=O) groups excluding carboxylic acids is 3. The van der Waals surface area contributed by atoms with Gasteiger partial charge in [-0.2, -0.15) is 0 Å². The highest BCUT2D eigenvalue weighted by Crippen LogP contribution is 2.21. The molecule has 1 heterocycles. The fourth-order valence-electron chi connectivity index (χ4n) is 3.20. The number of carbonyl (C=O) groups is 3. The van der Waals surface area contributed by atoms with E-state index in [2.05, 4.69) is 5.32 Å². The molecule has 1 saturated heterocycles. The summed E-state index contributed by atoms with van der Waals surface area (Å²) < 4.78 is 16.4. The van der Waals surface area contributed by atoms with Gasteiger partial charge in [0.15, 0.2) is 0 Å². The number of esters is 1. The number of hydrogen-bond acceptors (Lipinski definition) is 6. The molecule has 2 amide bonds. The van der Waals surface area contributed by atoms with Crippen molar-refractivity contribution in [1.29, 1.82) is 0 Å². The van der Waals surface area contributed by atoms with Crippen LogP contribution in [0.4, 0.5) is 4.79 Å². The fraction of sp³-hybridized carbons (Fsp3) is 0.400. The molecule has 1 fully saturated rings. The predicted molar refractivity (Wildman–Crippen MR) is 126 cm³/mol. The van der Waals surface area contributed by atoms with Gasteiger partial charge in [-0.15, -0.1) is 0 Å². The summed E-state index contributed by atoms with van der Waals surface area (Å²) in [5.41, 5.74) is 0.0409. The lowest BCUT2D eigenvalue weighted by Crippen LogP contribution is -2.57. The van der Waals surface area contributed by atoms with Crippen molar-refractivity contribution in [1.82, 2.24) is 10.2 Å². The highest BCUT2D eigenvalue weighted by atomic mass is 35.5. The Bertz CT molecular complexity index is 985. The molecule has 2 aromatic rings. The first-order valence-electron chi connectivity index (χ1n) is 11.0. The number of rotatable bonds is 8. The highest BCUT2D eigenvalue weighted by Gasteiger charge is 2.36. The molecule has 1 aliphatic heterocycles. The molecular weight excluding hydrogens is 460 g/mol. The molecule has 8 nitrogen and oxygen atoms in total. The maximum Gasteiger partial charge on any atom is 0.408 e. The first-order chi connectivity index (χ1) is 16.1. The van der Waals surface area contributed by atoms with Crippen LogP contribution in [0, 0.1) is 0 Å². The molecule has 3 rings (SSSR count). The third kappa shape index (κ3) is 7.95. The van der Waals surface area contributed by atoms with E-state index in [-0.39, 0.29) is 25.0 Å². The van der Waals surface area contributed by atoms with Crippen LogP contribution in [0.25, 0.3) is 0 Å². The number of amides is 2. The lowest BCUT2D eigenvalue weighted by molar-refractivity contribution is -0.151. The number of ether oxygens (including phenoxy) is 3. The summed E-state index contributed by atoms with van der Waals surface area (Å²) in [5.74, 6) is -0.346. The second-order valence-electron chi connectivity index (χ2n) is 8.99. The minimum Gasteiger partial charge on any atom is -0.487 e. The summed E-state index contributed by atoms with van der Waals surface area (Å²) in [4.78, 5) is 39.3. The average molecular weight is 489 g/mol. The maximum atomic E-state index is 12.8. The second kappa shape index (κ2) is 11.2. The van der Waals surface area contributed by atoms with Gasteiger partial charge in [-0.05, 0) is 50.6 Å². The Labute approximate surface area is 204 Å². The van der Waals surface area contributed by atoms with Crippen molar-refractivity contribution >= 4 is 29.6 Å². The number of hydrogen-bond donors (Lipinski definition) is 1. The minimum atomic E-state index is -1.18. The van der Waals surface area contributed by atoms with Gasteiger partial charge in [-0.1, -0.05) is 41.9 Å². The third-order valence-electron chi connectivity index (χ3n) is 4.90. The van der Waals surface area contributed by atoms with Gasteiger partial charge in [0, 0.05) is 5.02 Å². The maximum absolute atomic E-state index is 12.8. The summed E-state index contributed by atoms with van der Waals surface area (Å²) in [6.07, 6.45) is -1.21. The smallest absolute Gasteiger partial charge is 0.408 e. The number of nitrogens with one attached hydrogen (secondary N) is 1. The minimum absolute atomic E-state index is 0.0289. The lowest BCUT2D eigenvalue weighted by atomic mass is 10.1. The van der Waals surface area contributed by atoms with Crippen LogP contribution < -0.4 is 10.1 Å². The van der Waals surface area contributed by atoms with Crippen LogP contribution in [0.3, 0.4) is 0 Å². The van der Waals surface area contributed by atoms with E-state index in [1.807, 2.05) is 30.3 Å². The summed E-state index contributed by atoms with van der Waals surface area (Å²) >= 11 is 5.88. The van der Waals surface area contributed by atoms with Gasteiger partial charge in [-0.3, -0.25) is 4.79 Å². The molecule has 0 bridgehead atoms. The molecule has 1 atom stereocenters. The van der Waals surface area contributed by atoms with Gasteiger partial charge < -0.3 is 24.4 Å². The highest BCUT2D eigenvalue weighted by molar-refractivity contribution is 6.30. The standard InChI is InChI=1S/C25H29ClN2O6/c1-25(2,3)34-24(31)27-21(23(30)32-16-17-7-5-4-6-8-17)13-22(29)28-14-20(15-28)33-19-11-9-18(26)10-12-19/h4-12,20-21H,13-16H2,1-3H3,(H,27,31)/t21-/m0/s1. The second-order valence-corrected chi connectivity index (χ2v) is 9.43. The predicted octanol–water partition coefficient (Wildman–Crippen LogP) is 3.96. The molecule has 0 saturated carbocycles. The molecule has 0 aliphatic carbocycles. The molecule has 1 aliphatic rings. The van der Waals surface area contributed by atoms with Crippen molar-refractivity contribution < 1.29 is 28.6 Å². The Morgan fingerprint density at radius 3 is 2.32 bits per heavy atom. The Kier molecular flexibility index (Phi) is 8.39. The molecular formula is C25H29ClN2O6. The number of nitrogens with zero attached hydrogens (tertiary/aromatic N) is 1. The van der Waals surface area contributed by atoms with Crippen molar-refractivity contribution in [2.24, 2.45) is 0 Å². The molecule has 0 aromatic heterocycles. The first kappa shape index (κ1) is 25.4. The van der Waals surface area contributed by atoms with Gasteiger partial charge in [0.2, 0.25) is 5.91 Å². The van der Waals surface area contributed by atoms with Crippen molar-refractivity contribution in [2.75, 3.05) is 13.1 Å². The van der Waals surface area contributed by atoms with Crippen LogP contribution in [0.1, 0.15) is 32.8 Å². The van der Waals surface area contributed by atoms with E-state index in [1.165, 1.54) is 0 Å².